The maximum atomic E-state index is 11.8. The maximum Gasteiger partial charge on any atom is 0.470 e. The molecule has 0 radical (unpaired) electrons. The Morgan fingerprint density at radius 1 is 1.50 bits per heavy atom. The van der Waals surface area contributed by atoms with Crippen LogP contribution in [-0.4, -0.2) is 54.0 Å². The summed E-state index contributed by atoms with van der Waals surface area (Å²) < 4.78 is 21.6. The van der Waals surface area contributed by atoms with Crippen molar-refractivity contribution >= 4 is 7.82 Å². The van der Waals surface area contributed by atoms with E-state index in [0.29, 0.717) is 0 Å². The number of aromatic amines is 1. The Labute approximate surface area is 123 Å². The summed E-state index contributed by atoms with van der Waals surface area (Å²) in [4.78, 5) is 42.6. The summed E-state index contributed by atoms with van der Waals surface area (Å²) in [6, 6.07) is 1.01. The van der Waals surface area contributed by atoms with Gasteiger partial charge in [0.2, 0.25) is 0 Å². The Hall–Kier alpha value is -1.33. The van der Waals surface area contributed by atoms with Crippen LogP contribution in [0.3, 0.4) is 0 Å². The Balaban J connectivity index is 2.44. The molecule has 0 saturated carbocycles. The molecule has 5 N–H and O–H groups in total. The molecule has 2 rings (SSSR count). The summed E-state index contributed by atoms with van der Waals surface area (Å²) in [5.41, 5.74) is -3.62. The minimum Gasteiger partial charge on any atom is -0.394 e. The van der Waals surface area contributed by atoms with Gasteiger partial charge in [0, 0.05) is 12.3 Å². The Kier molecular flexibility index (Phi) is 4.42. The van der Waals surface area contributed by atoms with Crippen LogP contribution in [0.25, 0.3) is 0 Å². The van der Waals surface area contributed by atoms with Gasteiger partial charge in [-0.25, -0.2) is 9.36 Å². The minimum atomic E-state index is -4.98. The van der Waals surface area contributed by atoms with Gasteiger partial charge >= 0.3 is 13.5 Å². The summed E-state index contributed by atoms with van der Waals surface area (Å²) in [5.74, 6) is 0. The lowest BCUT2D eigenvalue weighted by Crippen LogP contribution is -2.47. The fraction of sp³-hybridized carbons (Fsp3) is 0.600. The molecule has 1 saturated heterocycles. The Morgan fingerprint density at radius 2 is 2.14 bits per heavy atom. The molecule has 11 nitrogen and oxygen atoms in total. The van der Waals surface area contributed by atoms with E-state index in [1.165, 1.54) is 0 Å². The molecule has 1 aliphatic rings. The topological polar surface area (TPSA) is 171 Å². The molecule has 2 heterocycles. The number of hydrogen-bond acceptors (Lipinski definition) is 7. The number of phosphoric ester groups is 1. The molecule has 0 amide bonds. The zero-order valence-electron chi connectivity index (χ0n) is 11.3. The number of ether oxygens (including phenoxy) is 1. The van der Waals surface area contributed by atoms with E-state index >= 15 is 0 Å². The Bertz CT molecular complexity index is 705. The van der Waals surface area contributed by atoms with Gasteiger partial charge in [0.15, 0.2) is 6.23 Å². The molecule has 1 aliphatic heterocycles. The number of nitrogens with zero attached hydrogens (tertiary/aromatic N) is 1. The number of aliphatic hydroxyl groups is 2. The average molecular weight is 338 g/mol. The molecule has 22 heavy (non-hydrogen) atoms. The predicted molar refractivity (Wildman–Crippen MR) is 69.9 cm³/mol. The van der Waals surface area contributed by atoms with Crippen molar-refractivity contribution in [1.82, 2.24) is 9.55 Å². The first kappa shape index (κ1) is 17.0. The van der Waals surface area contributed by atoms with Gasteiger partial charge in [-0.05, 0) is 6.92 Å². The first-order chi connectivity index (χ1) is 10.1. The van der Waals surface area contributed by atoms with Crippen LogP contribution in [-0.2, 0) is 13.8 Å². The van der Waals surface area contributed by atoms with Crippen LogP contribution in [0.4, 0.5) is 0 Å². The summed E-state index contributed by atoms with van der Waals surface area (Å²) in [6.07, 6.45) is -3.26. The third-order valence-electron chi connectivity index (χ3n) is 3.25. The summed E-state index contributed by atoms with van der Waals surface area (Å²) in [6.45, 7) is 0.417. The highest BCUT2D eigenvalue weighted by Crippen LogP contribution is 2.47. The van der Waals surface area contributed by atoms with E-state index in [-0.39, 0.29) is 0 Å². The summed E-state index contributed by atoms with van der Waals surface area (Å²) in [5, 5.41) is 19.7. The van der Waals surface area contributed by atoms with E-state index in [1.807, 2.05) is 4.98 Å². The van der Waals surface area contributed by atoms with Gasteiger partial charge in [-0.1, -0.05) is 0 Å². The molecule has 1 aromatic heterocycles. The lowest BCUT2D eigenvalue weighted by atomic mass is 9.96. The molecular weight excluding hydrogens is 323 g/mol. The fourth-order valence-electron chi connectivity index (χ4n) is 2.31. The van der Waals surface area contributed by atoms with Crippen molar-refractivity contribution in [2.24, 2.45) is 0 Å². The van der Waals surface area contributed by atoms with Crippen molar-refractivity contribution in [3.05, 3.63) is 33.1 Å². The van der Waals surface area contributed by atoms with E-state index in [1.54, 1.807) is 0 Å². The van der Waals surface area contributed by atoms with Crippen LogP contribution in [0.15, 0.2) is 21.9 Å². The highest BCUT2D eigenvalue weighted by Gasteiger charge is 2.56. The van der Waals surface area contributed by atoms with Gasteiger partial charge in [-0.15, -0.1) is 0 Å². The van der Waals surface area contributed by atoms with Gasteiger partial charge in [0.05, 0.1) is 6.61 Å². The normalized spacial score (nSPS) is 32.3. The number of aromatic nitrogens is 2. The van der Waals surface area contributed by atoms with Crippen molar-refractivity contribution < 1.29 is 33.8 Å². The molecule has 12 heteroatoms. The fourth-order valence-corrected chi connectivity index (χ4v) is 2.96. The molecule has 1 fully saturated rings. The molecule has 0 spiro atoms. The maximum absolute atomic E-state index is 11.8. The second-order valence-corrected chi connectivity index (χ2v) is 6.16. The highest BCUT2D eigenvalue weighted by atomic mass is 31.2. The van der Waals surface area contributed by atoms with E-state index < -0.39 is 49.7 Å². The van der Waals surface area contributed by atoms with Crippen LogP contribution in [0.2, 0.25) is 0 Å². The first-order valence-corrected chi connectivity index (χ1v) is 7.63. The monoisotopic (exact) mass is 338 g/mol. The molecule has 0 aliphatic carbocycles. The van der Waals surface area contributed by atoms with E-state index in [9.17, 15) is 24.4 Å². The number of rotatable bonds is 4. The van der Waals surface area contributed by atoms with Crippen LogP contribution in [0, 0.1) is 0 Å². The SMILES string of the molecule is C[C@@]1(O)[C@H](OP(=O)(O)O)[C@@H](CO)O[C@H]1n1ccc(=O)[nH]c1=O. The first-order valence-electron chi connectivity index (χ1n) is 6.10. The quantitative estimate of drug-likeness (QED) is 0.377. The van der Waals surface area contributed by atoms with E-state index in [0.717, 1.165) is 23.8 Å². The zero-order valence-corrected chi connectivity index (χ0v) is 12.2. The van der Waals surface area contributed by atoms with Crippen molar-refractivity contribution in [3.63, 3.8) is 0 Å². The van der Waals surface area contributed by atoms with Crippen molar-refractivity contribution in [3.8, 4) is 0 Å². The summed E-state index contributed by atoms with van der Waals surface area (Å²) in [7, 11) is -4.98. The lowest BCUT2D eigenvalue weighted by molar-refractivity contribution is -0.0978. The van der Waals surface area contributed by atoms with Crippen LogP contribution in [0.5, 0.6) is 0 Å². The molecule has 124 valence electrons. The standard InChI is InChI=1S/C10H15N2O9P/c1-10(16)7(21-22(17,18)19)5(4-13)20-8(10)12-3-2-6(14)11-9(12)15/h2-3,5,7-8,13,16H,4H2,1H3,(H,11,14,15)(H2,17,18,19)/t5-,7-,8-,10-/m1/s1. The zero-order chi connectivity index (χ0) is 16.7. The number of hydrogen-bond donors (Lipinski definition) is 5. The van der Waals surface area contributed by atoms with Gasteiger partial charge in [-0.2, -0.15) is 0 Å². The molecule has 1 aromatic rings. The lowest BCUT2D eigenvalue weighted by Gasteiger charge is -2.30. The minimum absolute atomic E-state index is 0.666. The number of nitrogens with one attached hydrogen (secondary N) is 1. The van der Waals surface area contributed by atoms with Gasteiger partial charge in [-0.3, -0.25) is 18.9 Å². The number of aliphatic hydroxyl groups excluding tert-OH is 1. The van der Waals surface area contributed by atoms with Crippen LogP contribution < -0.4 is 11.2 Å². The largest absolute Gasteiger partial charge is 0.470 e. The van der Waals surface area contributed by atoms with Crippen LogP contribution in [0.1, 0.15) is 13.2 Å². The predicted octanol–water partition coefficient (Wildman–Crippen LogP) is -2.34. The molecule has 0 unspecified atom stereocenters. The number of phosphoric acid groups is 1. The third-order valence-corrected chi connectivity index (χ3v) is 3.75. The number of H-pyrrole nitrogens is 1. The average Bonchev–Trinajstić information content (AvgIpc) is 2.60. The Morgan fingerprint density at radius 3 is 2.64 bits per heavy atom. The molecular formula is C10H15N2O9P. The molecule has 0 bridgehead atoms. The second kappa shape index (κ2) is 5.70. The molecule has 0 aromatic carbocycles. The van der Waals surface area contributed by atoms with Gasteiger partial charge < -0.3 is 24.7 Å². The van der Waals surface area contributed by atoms with Crippen molar-refractivity contribution in [1.29, 1.82) is 0 Å². The van der Waals surface area contributed by atoms with Crippen molar-refractivity contribution in [2.45, 2.75) is 31.0 Å². The van der Waals surface area contributed by atoms with Gasteiger partial charge in [0.25, 0.3) is 5.56 Å². The van der Waals surface area contributed by atoms with Gasteiger partial charge in [0.1, 0.15) is 17.8 Å². The smallest absolute Gasteiger partial charge is 0.394 e. The van der Waals surface area contributed by atoms with Crippen LogP contribution >= 0.6 is 7.82 Å². The highest BCUT2D eigenvalue weighted by molar-refractivity contribution is 7.46. The summed E-state index contributed by atoms with van der Waals surface area (Å²) >= 11 is 0. The van der Waals surface area contributed by atoms with E-state index in [2.05, 4.69) is 4.52 Å². The van der Waals surface area contributed by atoms with Crippen molar-refractivity contribution in [2.75, 3.05) is 6.61 Å². The molecule has 4 atom stereocenters. The third kappa shape index (κ3) is 3.20. The second-order valence-electron chi connectivity index (χ2n) is 4.97. The van der Waals surface area contributed by atoms with E-state index in [4.69, 9.17) is 14.5 Å².